The summed E-state index contributed by atoms with van der Waals surface area (Å²) in [6, 6.07) is 11.4. The molecule has 0 aliphatic rings. The number of aryl methyl sites for hydroxylation is 1. The summed E-state index contributed by atoms with van der Waals surface area (Å²) in [7, 11) is 0. The predicted octanol–water partition coefficient (Wildman–Crippen LogP) is 5.05. The van der Waals surface area contributed by atoms with Gasteiger partial charge in [0.1, 0.15) is 5.82 Å². The maximum atomic E-state index is 13.5. The number of anilines is 2. The molecule has 2 amide bonds. The largest absolute Gasteiger partial charge is 0.416 e. The number of carbonyl (C=O) groups excluding carboxylic acids is 2. The van der Waals surface area contributed by atoms with Crippen molar-refractivity contribution in [1.82, 2.24) is 4.98 Å². The summed E-state index contributed by atoms with van der Waals surface area (Å²) in [5.41, 5.74) is -0.486. The molecule has 0 saturated carbocycles. The third kappa shape index (κ3) is 4.99. The summed E-state index contributed by atoms with van der Waals surface area (Å²) in [5.74, 6) is -2.54. The Kier molecular flexibility index (Phi) is 5.81. The van der Waals surface area contributed by atoms with E-state index in [1.807, 2.05) is 0 Å². The van der Waals surface area contributed by atoms with Gasteiger partial charge in [0.25, 0.3) is 11.8 Å². The van der Waals surface area contributed by atoms with E-state index in [1.165, 1.54) is 12.3 Å². The van der Waals surface area contributed by atoms with Crippen LogP contribution < -0.4 is 10.6 Å². The smallest absolute Gasteiger partial charge is 0.321 e. The number of nitrogens with zero attached hydrogens (tertiary/aromatic N) is 1. The van der Waals surface area contributed by atoms with Crippen molar-refractivity contribution in [2.75, 3.05) is 10.6 Å². The number of rotatable bonds is 4. The van der Waals surface area contributed by atoms with Gasteiger partial charge in [0.15, 0.2) is 0 Å². The minimum Gasteiger partial charge on any atom is -0.321 e. The van der Waals surface area contributed by atoms with Gasteiger partial charge in [0.2, 0.25) is 0 Å². The topological polar surface area (TPSA) is 71.1 Å². The predicted molar refractivity (Wildman–Crippen MR) is 103 cm³/mol. The van der Waals surface area contributed by atoms with E-state index < -0.39 is 34.9 Å². The summed E-state index contributed by atoms with van der Waals surface area (Å²) in [6.45, 7) is 1.63. The van der Waals surface area contributed by atoms with E-state index in [-0.39, 0.29) is 5.69 Å². The second-order valence-electron chi connectivity index (χ2n) is 6.36. The maximum Gasteiger partial charge on any atom is 0.416 e. The van der Waals surface area contributed by atoms with E-state index in [1.54, 1.807) is 37.3 Å². The highest BCUT2D eigenvalue weighted by atomic mass is 19.4. The molecule has 0 bridgehead atoms. The van der Waals surface area contributed by atoms with Crippen LogP contribution in [0.15, 0.2) is 60.8 Å². The van der Waals surface area contributed by atoms with Gasteiger partial charge in [-0.2, -0.15) is 13.2 Å². The highest BCUT2D eigenvalue weighted by Crippen LogP contribution is 2.30. The fraction of sp³-hybridized carbons (Fsp3) is 0.0952. The quantitative estimate of drug-likeness (QED) is 0.584. The lowest BCUT2D eigenvalue weighted by molar-refractivity contribution is -0.137. The second-order valence-corrected chi connectivity index (χ2v) is 6.36. The Bertz CT molecular complexity index is 1100. The summed E-state index contributed by atoms with van der Waals surface area (Å²) in [5, 5.41) is 5.01. The monoisotopic (exact) mass is 417 g/mol. The molecular weight excluding hydrogens is 402 g/mol. The zero-order valence-electron chi connectivity index (χ0n) is 15.5. The highest BCUT2D eigenvalue weighted by Gasteiger charge is 2.32. The van der Waals surface area contributed by atoms with Gasteiger partial charge in [-0.3, -0.25) is 14.6 Å². The standard InChI is InChI=1S/C21H15F4N3O2/c1-12-18(28-19(29)13-5-3-2-4-6-13)10-17(11-26-12)27-20(30)14-7-15(21(23,24)25)9-16(22)8-14/h2-11H,1H3,(H,27,30)(H,28,29). The fourth-order valence-corrected chi connectivity index (χ4v) is 2.60. The molecule has 0 unspecified atom stereocenters. The Balaban J connectivity index is 1.81. The van der Waals surface area contributed by atoms with E-state index in [4.69, 9.17) is 0 Å². The molecule has 0 radical (unpaired) electrons. The van der Waals surface area contributed by atoms with E-state index in [0.717, 1.165) is 0 Å². The van der Waals surface area contributed by atoms with Gasteiger partial charge in [-0.1, -0.05) is 18.2 Å². The number of pyridine rings is 1. The third-order valence-electron chi connectivity index (χ3n) is 4.12. The van der Waals surface area contributed by atoms with E-state index in [9.17, 15) is 27.2 Å². The van der Waals surface area contributed by atoms with Crippen LogP contribution in [-0.2, 0) is 6.18 Å². The first kappa shape index (κ1) is 21.0. The Hall–Kier alpha value is -3.75. The number of halogens is 4. The number of carbonyl (C=O) groups is 2. The number of benzene rings is 2. The highest BCUT2D eigenvalue weighted by molar-refractivity contribution is 6.06. The minimum atomic E-state index is -4.79. The van der Waals surface area contributed by atoms with Crippen molar-refractivity contribution >= 4 is 23.2 Å². The van der Waals surface area contributed by atoms with Crippen molar-refractivity contribution in [3.63, 3.8) is 0 Å². The molecule has 154 valence electrons. The van der Waals surface area contributed by atoms with Gasteiger partial charge in [0.05, 0.1) is 28.8 Å². The Morgan fingerprint density at radius 3 is 2.23 bits per heavy atom. The summed E-state index contributed by atoms with van der Waals surface area (Å²) >= 11 is 0. The number of hydrogen-bond acceptors (Lipinski definition) is 3. The number of amides is 2. The van der Waals surface area contributed by atoms with Gasteiger partial charge in [-0.15, -0.1) is 0 Å². The molecule has 0 saturated heterocycles. The van der Waals surface area contributed by atoms with Gasteiger partial charge >= 0.3 is 6.18 Å². The van der Waals surface area contributed by atoms with Gasteiger partial charge in [-0.05, 0) is 43.3 Å². The van der Waals surface area contributed by atoms with Gasteiger partial charge in [-0.25, -0.2) is 4.39 Å². The zero-order valence-corrected chi connectivity index (χ0v) is 15.5. The Morgan fingerprint density at radius 2 is 1.57 bits per heavy atom. The van der Waals surface area contributed by atoms with Crippen molar-refractivity contribution < 1.29 is 27.2 Å². The number of nitrogens with one attached hydrogen (secondary N) is 2. The van der Waals surface area contributed by atoms with Crippen LogP contribution in [0.3, 0.4) is 0 Å². The minimum absolute atomic E-state index is 0.117. The summed E-state index contributed by atoms with van der Waals surface area (Å²) in [6.07, 6.45) is -3.52. The lowest BCUT2D eigenvalue weighted by atomic mass is 10.1. The van der Waals surface area contributed by atoms with Crippen molar-refractivity contribution in [1.29, 1.82) is 0 Å². The zero-order chi connectivity index (χ0) is 21.9. The molecule has 0 aliphatic carbocycles. The van der Waals surface area contributed by atoms with Crippen molar-refractivity contribution in [2.45, 2.75) is 13.1 Å². The van der Waals surface area contributed by atoms with Crippen LogP contribution in [0.5, 0.6) is 0 Å². The van der Waals surface area contributed by atoms with Crippen LogP contribution in [0.1, 0.15) is 32.0 Å². The molecule has 9 heteroatoms. The molecule has 5 nitrogen and oxygen atoms in total. The molecule has 0 aliphatic heterocycles. The van der Waals surface area contributed by atoms with Crippen LogP contribution in [0.25, 0.3) is 0 Å². The first-order valence-corrected chi connectivity index (χ1v) is 8.65. The molecule has 3 rings (SSSR count). The molecule has 0 atom stereocenters. The molecule has 3 aromatic rings. The lowest BCUT2D eigenvalue weighted by Crippen LogP contribution is -2.16. The first-order valence-electron chi connectivity index (χ1n) is 8.65. The molecule has 2 aromatic carbocycles. The first-order chi connectivity index (χ1) is 14.1. The Labute approximate surface area is 168 Å². The lowest BCUT2D eigenvalue weighted by Gasteiger charge is -2.12. The van der Waals surface area contributed by atoms with E-state index in [2.05, 4.69) is 15.6 Å². The maximum absolute atomic E-state index is 13.5. The summed E-state index contributed by atoms with van der Waals surface area (Å²) < 4.78 is 52.1. The van der Waals surface area contributed by atoms with Crippen LogP contribution in [0.4, 0.5) is 28.9 Å². The molecule has 2 N–H and O–H groups in total. The second kappa shape index (κ2) is 8.32. The van der Waals surface area contributed by atoms with E-state index >= 15 is 0 Å². The molecule has 1 aromatic heterocycles. The SMILES string of the molecule is Cc1ncc(NC(=O)c2cc(F)cc(C(F)(F)F)c2)cc1NC(=O)c1ccccc1. The normalized spacial score (nSPS) is 11.1. The van der Waals surface area contributed by atoms with Gasteiger partial charge in [0, 0.05) is 11.1 Å². The van der Waals surface area contributed by atoms with Crippen molar-refractivity contribution in [3.05, 3.63) is 89.0 Å². The number of hydrogen-bond donors (Lipinski definition) is 2. The average molecular weight is 417 g/mol. The molecule has 1 heterocycles. The van der Waals surface area contributed by atoms with Crippen molar-refractivity contribution in [2.24, 2.45) is 0 Å². The van der Waals surface area contributed by atoms with Crippen LogP contribution in [-0.4, -0.2) is 16.8 Å². The molecule has 0 fully saturated rings. The molecular formula is C21H15F4N3O2. The van der Waals surface area contributed by atoms with Crippen molar-refractivity contribution in [3.8, 4) is 0 Å². The van der Waals surface area contributed by atoms with Crippen LogP contribution in [0, 0.1) is 12.7 Å². The van der Waals surface area contributed by atoms with E-state index in [0.29, 0.717) is 35.1 Å². The van der Waals surface area contributed by atoms with Crippen LogP contribution >= 0.6 is 0 Å². The fourth-order valence-electron chi connectivity index (χ4n) is 2.60. The number of aromatic nitrogens is 1. The van der Waals surface area contributed by atoms with Gasteiger partial charge < -0.3 is 10.6 Å². The molecule has 30 heavy (non-hydrogen) atoms. The molecule has 0 spiro atoms. The third-order valence-corrected chi connectivity index (χ3v) is 4.12. The Morgan fingerprint density at radius 1 is 0.900 bits per heavy atom. The number of alkyl halides is 3. The summed E-state index contributed by atoms with van der Waals surface area (Å²) in [4.78, 5) is 28.7. The van der Waals surface area contributed by atoms with Crippen LogP contribution in [0.2, 0.25) is 0 Å². The average Bonchev–Trinajstić information content (AvgIpc) is 2.70.